The van der Waals surface area contributed by atoms with Crippen LogP contribution >= 0.6 is 0 Å². The summed E-state index contributed by atoms with van der Waals surface area (Å²) in [6.45, 7) is 2.74. The third-order valence-corrected chi connectivity index (χ3v) is 7.85. The summed E-state index contributed by atoms with van der Waals surface area (Å²) in [5, 5.41) is 3.69. The first kappa shape index (κ1) is 25.1. The van der Waals surface area contributed by atoms with Crippen molar-refractivity contribution in [2.75, 3.05) is 6.54 Å². The van der Waals surface area contributed by atoms with Gasteiger partial charge in [-0.2, -0.15) is 0 Å². The van der Waals surface area contributed by atoms with Crippen LogP contribution in [0.5, 0.6) is 0 Å². The van der Waals surface area contributed by atoms with Gasteiger partial charge in [-0.05, 0) is 62.4 Å². The van der Waals surface area contributed by atoms with Crippen molar-refractivity contribution in [2.24, 2.45) is 0 Å². The summed E-state index contributed by atoms with van der Waals surface area (Å²) in [5.41, 5.74) is 4.47. The molecular formula is C30H34N2O2S. The average Bonchev–Trinajstić information content (AvgIpc) is 2.89. The minimum atomic E-state index is -3.73. The molecule has 4 rings (SSSR count). The van der Waals surface area contributed by atoms with Crippen LogP contribution in [-0.2, 0) is 10.0 Å². The van der Waals surface area contributed by atoms with Crippen LogP contribution in [0, 0.1) is 6.92 Å². The first-order valence-corrected chi connectivity index (χ1v) is 13.8. The van der Waals surface area contributed by atoms with Gasteiger partial charge in [-0.3, -0.25) is 0 Å². The summed E-state index contributed by atoms with van der Waals surface area (Å²) < 4.78 is 29.9. The monoisotopic (exact) mass is 486 g/mol. The maximum Gasteiger partial charge on any atom is 0.241 e. The molecule has 2 N–H and O–H groups in total. The van der Waals surface area contributed by atoms with E-state index in [1.54, 1.807) is 12.1 Å². The Hall–Kier alpha value is -2.99. The molecule has 2 atom stereocenters. The van der Waals surface area contributed by atoms with Gasteiger partial charge in [-0.15, -0.1) is 0 Å². The van der Waals surface area contributed by atoms with Gasteiger partial charge in [0.1, 0.15) is 0 Å². The van der Waals surface area contributed by atoms with Crippen LogP contribution in [0.2, 0.25) is 0 Å². The number of hydrogen-bond donors (Lipinski definition) is 2. The Morgan fingerprint density at radius 3 is 2.03 bits per heavy atom. The molecule has 0 heterocycles. The zero-order chi connectivity index (χ0) is 24.5. The highest BCUT2D eigenvalue weighted by molar-refractivity contribution is 7.89. The van der Waals surface area contributed by atoms with Gasteiger partial charge in [-0.25, -0.2) is 13.1 Å². The lowest BCUT2D eigenvalue weighted by atomic mass is 9.93. The molecule has 0 aromatic heterocycles. The normalized spacial score (nSPS) is 15.4. The number of aryl methyl sites for hydroxylation is 1. The zero-order valence-corrected chi connectivity index (χ0v) is 21.0. The van der Waals surface area contributed by atoms with Crippen molar-refractivity contribution in [2.45, 2.75) is 49.6 Å². The zero-order valence-electron chi connectivity index (χ0n) is 20.2. The predicted octanol–water partition coefficient (Wildman–Crippen LogP) is 6.40. The fourth-order valence-corrected chi connectivity index (χ4v) is 5.69. The maximum atomic E-state index is 13.4. The van der Waals surface area contributed by atoms with Crippen LogP contribution in [0.25, 0.3) is 0 Å². The lowest BCUT2D eigenvalue weighted by molar-refractivity contribution is 0.420. The van der Waals surface area contributed by atoms with E-state index in [4.69, 9.17) is 0 Å². The molecule has 0 fully saturated rings. The molecule has 0 spiro atoms. The van der Waals surface area contributed by atoms with E-state index in [1.807, 2.05) is 67.6 Å². The fraction of sp³-hybridized carbons (Fsp3) is 0.267. The van der Waals surface area contributed by atoms with Gasteiger partial charge in [0.2, 0.25) is 10.0 Å². The molecular weight excluding hydrogens is 452 g/mol. The summed E-state index contributed by atoms with van der Waals surface area (Å²) in [5.74, 6) is 0. The summed E-state index contributed by atoms with van der Waals surface area (Å²) in [6, 6.07) is 26.2. The number of rotatable bonds is 11. The van der Waals surface area contributed by atoms with E-state index < -0.39 is 16.1 Å². The third-order valence-electron chi connectivity index (χ3n) is 6.39. The maximum absolute atomic E-state index is 13.4. The lowest BCUT2D eigenvalue weighted by Crippen LogP contribution is -2.39. The SMILES string of the molecule is Cc1ccc(S(=O)(=O)NC(c2ccccc2)C(NCCCC2=CCC=CC2)c2ccccc2)cc1. The number of allylic oxidation sites excluding steroid dienone is 4. The van der Waals surface area contributed by atoms with E-state index in [1.165, 1.54) is 5.57 Å². The molecule has 4 nitrogen and oxygen atoms in total. The Balaban J connectivity index is 1.60. The van der Waals surface area contributed by atoms with Crippen molar-refractivity contribution in [3.05, 3.63) is 125 Å². The van der Waals surface area contributed by atoms with Crippen LogP contribution in [0.3, 0.4) is 0 Å². The molecule has 0 aliphatic heterocycles. The van der Waals surface area contributed by atoms with Gasteiger partial charge < -0.3 is 5.32 Å². The number of hydrogen-bond acceptors (Lipinski definition) is 3. The molecule has 0 amide bonds. The number of nitrogens with one attached hydrogen (secondary N) is 2. The van der Waals surface area contributed by atoms with E-state index in [-0.39, 0.29) is 10.9 Å². The van der Waals surface area contributed by atoms with Crippen molar-refractivity contribution < 1.29 is 8.42 Å². The Kier molecular flexibility index (Phi) is 8.69. The third kappa shape index (κ3) is 7.01. The lowest BCUT2D eigenvalue weighted by Gasteiger charge is -2.30. The Labute approximate surface area is 209 Å². The minimum Gasteiger partial charge on any atom is -0.308 e. The Morgan fingerprint density at radius 1 is 0.800 bits per heavy atom. The van der Waals surface area contributed by atoms with E-state index in [9.17, 15) is 8.42 Å². The van der Waals surface area contributed by atoms with Gasteiger partial charge in [0.05, 0.1) is 17.0 Å². The molecule has 1 aliphatic carbocycles. The van der Waals surface area contributed by atoms with Crippen molar-refractivity contribution in [3.63, 3.8) is 0 Å². The summed E-state index contributed by atoms with van der Waals surface area (Å²) in [6.07, 6.45) is 10.9. The van der Waals surface area contributed by atoms with Crippen LogP contribution in [0.1, 0.15) is 54.5 Å². The minimum absolute atomic E-state index is 0.223. The number of benzene rings is 3. The van der Waals surface area contributed by atoms with Crippen LogP contribution in [0.4, 0.5) is 0 Å². The molecule has 182 valence electrons. The molecule has 1 aliphatic rings. The quantitative estimate of drug-likeness (QED) is 0.243. The summed E-state index contributed by atoms with van der Waals surface area (Å²) in [7, 11) is -3.73. The second-order valence-electron chi connectivity index (χ2n) is 9.04. The van der Waals surface area contributed by atoms with Crippen molar-refractivity contribution in [1.82, 2.24) is 10.0 Å². The van der Waals surface area contributed by atoms with Gasteiger partial charge >= 0.3 is 0 Å². The molecule has 0 radical (unpaired) electrons. The topological polar surface area (TPSA) is 58.2 Å². The van der Waals surface area contributed by atoms with Crippen LogP contribution < -0.4 is 10.0 Å². The second kappa shape index (κ2) is 12.1. The van der Waals surface area contributed by atoms with Crippen LogP contribution in [0.15, 0.2) is 114 Å². The first-order valence-electron chi connectivity index (χ1n) is 12.3. The first-order chi connectivity index (χ1) is 17.0. The average molecular weight is 487 g/mol. The van der Waals surface area contributed by atoms with Crippen molar-refractivity contribution in [3.8, 4) is 0 Å². The molecule has 3 aromatic rings. The van der Waals surface area contributed by atoms with Gasteiger partial charge in [-0.1, -0.05) is 102 Å². The molecule has 0 bridgehead atoms. The van der Waals surface area contributed by atoms with Gasteiger partial charge in [0.25, 0.3) is 0 Å². The predicted molar refractivity (Wildman–Crippen MR) is 144 cm³/mol. The van der Waals surface area contributed by atoms with Crippen LogP contribution in [-0.4, -0.2) is 15.0 Å². The number of sulfonamides is 1. The van der Waals surface area contributed by atoms with Gasteiger partial charge in [0, 0.05) is 0 Å². The summed E-state index contributed by atoms with van der Waals surface area (Å²) in [4.78, 5) is 0.271. The van der Waals surface area contributed by atoms with Crippen molar-refractivity contribution in [1.29, 1.82) is 0 Å². The molecule has 2 unspecified atom stereocenters. The standard InChI is InChI=1S/C30H34N2O2S/c1-24-19-21-28(22-20-24)35(33,34)32-30(27-17-9-4-10-18-27)29(26-15-7-3-8-16-26)31-23-11-14-25-12-5-2-6-13-25/h2-5,7-10,13,15-22,29-32H,6,11-12,14,23H2,1H3. The fourth-order valence-electron chi connectivity index (χ4n) is 4.46. The van der Waals surface area contributed by atoms with Crippen molar-refractivity contribution >= 4 is 10.0 Å². The molecule has 5 heteroatoms. The second-order valence-corrected chi connectivity index (χ2v) is 10.8. The summed E-state index contributed by atoms with van der Waals surface area (Å²) >= 11 is 0. The van der Waals surface area contributed by atoms with Gasteiger partial charge in [0.15, 0.2) is 0 Å². The molecule has 3 aromatic carbocycles. The van der Waals surface area contributed by atoms with E-state index in [0.29, 0.717) is 0 Å². The van der Waals surface area contributed by atoms with E-state index in [2.05, 4.69) is 40.4 Å². The Bertz CT molecular complexity index is 1230. The molecule has 35 heavy (non-hydrogen) atoms. The Morgan fingerprint density at radius 2 is 1.43 bits per heavy atom. The highest BCUT2D eigenvalue weighted by Gasteiger charge is 2.29. The highest BCUT2D eigenvalue weighted by atomic mass is 32.2. The smallest absolute Gasteiger partial charge is 0.241 e. The van der Waals surface area contributed by atoms with E-state index in [0.717, 1.165) is 48.9 Å². The molecule has 0 saturated heterocycles. The van der Waals surface area contributed by atoms with E-state index >= 15 is 0 Å². The highest BCUT2D eigenvalue weighted by Crippen LogP contribution is 2.31. The molecule has 0 saturated carbocycles. The largest absolute Gasteiger partial charge is 0.308 e.